The van der Waals surface area contributed by atoms with E-state index in [1.165, 1.54) is 18.6 Å². The van der Waals surface area contributed by atoms with Crippen molar-refractivity contribution in [2.45, 2.75) is 30.9 Å². The zero-order chi connectivity index (χ0) is 16.5. The van der Waals surface area contributed by atoms with E-state index in [2.05, 4.69) is 14.7 Å². The summed E-state index contributed by atoms with van der Waals surface area (Å²) < 4.78 is 31.4. The van der Waals surface area contributed by atoms with Crippen molar-refractivity contribution in [3.8, 4) is 0 Å². The van der Waals surface area contributed by atoms with Crippen LogP contribution in [0.2, 0.25) is 0 Å². The molecular formula is C14H20N4O4S. The van der Waals surface area contributed by atoms with Gasteiger partial charge in [0.15, 0.2) is 0 Å². The third-order valence-electron chi connectivity index (χ3n) is 4.26. The predicted octanol–water partition coefficient (Wildman–Crippen LogP) is -0.210. The number of nitrogens with one attached hydrogen (secondary N) is 1. The second-order valence-corrected chi connectivity index (χ2v) is 7.96. The summed E-state index contributed by atoms with van der Waals surface area (Å²) in [7, 11) is -3.25. The van der Waals surface area contributed by atoms with Crippen molar-refractivity contribution in [3.05, 3.63) is 24.3 Å². The van der Waals surface area contributed by atoms with Crippen LogP contribution in [0.15, 0.2) is 18.6 Å². The van der Waals surface area contributed by atoms with Crippen LogP contribution in [0.5, 0.6) is 0 Å². The molecule has 3 rings (SSSR count). The highest BCUT2D eigenvalue weighted by atomic mass is 32.2. The van der Waals surface area contributed by atoms with Crippen molar-refractivity contribution in [2.24, 2.45) is 0 Å². The van der Waals surface area contributed by atoms with Crippen LogP contribution < -0.4 is 4.72 Å². The summed E-state index contributed by atoms with van der Waals surface area (Å²) in [6, 6.07) is -0.148. The van der Waals surface area contributed by atoms with Crippen LogP contribution in [0, 0.1) is 0 Å². The molecule has 2 fully saturated rings. The van der Waals surface area contributed by atoms with Gasteiger partial charge in [0.05, 0.1) is 24.6 Å². The van der Waals surface area contributed by atoms with Gasteiger partial charge in [-0.05, 0) is 19.3 Å². The normalized spacial score (nSPS) is 28.2. The minimum absolute atomic E-state index is 0.148. The van der Waals surface area contributed by atoms with E-state index in [1.807, 2.05) is 0 Å². The third-order valence-corrected chi connectivity index (χ3v) is 5.02. The first-order chi connectivity index (χ1) is 10.9. The van der Waals surface area contributed by atoms with Crippen LogP contribution in [0.4, 0.5) is 0 Å². The largest absolute Gasteiger partial charge is 0.373 e. The van der Waals surface area contributed by atoms with E-state index in [0.29, 0.717) is 44.7 Å². The lowest BCUT2D eigenvalue weighted by atomic mass is 9.90. The Balaban J connectivity index is 1.67. The monoisotopic (exact) mass is 340 g/mol. The molecule has 1 amide bonds. The Kier molecular flexibility index (Phi) is 4.35. The summed E-state index contributed by atoms with van der Waals surface area (Å²) >= 11 is 0. The second kappa shape index (κ2) is 6.14. The number of amides is 1. The Morgan fingerprint density at radius 3 is 3.00 bits per heavy atom. The molecule has 2 aliphatic heterocycles. The molecule has 0 bridgehead atoms. The topological polar surface area (TPSA) is 101 Å². The van der Waals surface area contributed by atoms with Gasteiger partial charge >= 0.3 is 0 Å². The van der Waals surface area contributed by atoms with Gasteiger partial charge in [0.1, 0.15) is 5.69 Å². The number of nitrogens with zero attached hydrogens (tertiary/aromatic N) is 3. The van der Waals surface area contributed by atoms with Gasteiger partial charge in [-0.15, -0.1) is 0 Å². The number of aromatic nitrogens is 2. The average molecular weight is 340 g/mol. The quantitative estimate of drug-likeness (QED) is 0.817. The smallest absolute Gasteiger partial charge is 0.274 e. The first-order valence-electron chi connectivity index (χ1n) is 7.53. The Labute approximate surface area is 135 Å². The van der Waals surface area contributed by atoms with E-state index >= 15 is 0 Å². The van der Waals surface area contributed by atoms with E-state index in [1.54, 1.807) is 4.90 Å². The molecule has 0 aliphatic carbocycles. The van der Waals surface area contributed by atoms with Crippen LogP contribution in [-0.2, 0) is 14.8 Å². The average Bonchev–Trinajstić information content (AvgIpc) is 2.89. The van der Waals surface area contributed by atoms with E-state index in [4.69, 9.17) is 4.74 Å². The minimum atomic E-state index is -3.25. The summed E-state index contributed by atoms with van der Waals surface area (Å²) in [6.07, 6.45) is 7.53. The molecule has 3 heterocycles. The van der Waals surface area contributed by atoms with Gasteiger partial charge in [-0.1, -0.05) is 0 Å². The highest BCUT2D eigenvalue weighted by Crippen LogP contribution is 2.34. The second-order valence-electron chi connectivity index (χ2n) is 6.18. The Morgan fingerprint density at radius 2 is 2.30 bits per heavy atom. The van der Waals surface area contributed by atoms with Crippen LogP contribution >= 0.6 is 0 Å². The summed E-state index contributed by atoms with van der Waals surface area (Å²) in [5.74, 6) is -0.170. The lowest BCUT2D eigenvalue weighted by Gasteiger charge is -2.38. The summed E-state index contributed by atoms with van der Waals surface area (Å²) in [5.41, 5.74) is -0.162. The van der Waals surface area contributed by atoms with Crippen molar-refractivity contribution in [1.29, 1.82) is 0 Å². The molecule has 0 unspecified atom stereocenters. The number of likely N-dealkylation sites (tertiary alicyclic amines) is 1. The number of carbonyl (C=O) groups is 1. The molecule has 23 heavy (non-hydrogen) atoms. The summed E-state index contributed by atoms with van der Waals surface area (Å²) in [5, 5.41) is 0. The van der Waals surface area contributed by atoms with E-state index < -0.39 is 15.6 Å². The number of sulfonamides is 1. The molecule has 0 saturated carbocycles. The molecule has 1 aromatic heterocycles. The Bertz CT molecular complexity index is 681. The Morgan fingerprint density at radius 1 is 1.48 bits per heavy atom. The van der Waals surface area contributed by atoms with Gasteiger partial charge in [-0.3, -0.25) is 9.78 Å². The maximum atomic E-state index is 12.4. The highest BCUT2D eigenvalue weighted by Gasteiger charge is 2.45. The summed E-state index contributed by atoms with van der Waals surface area (Å²) in [6.45, 7) is 1.51. The van der Waals surface area contributed by atoms with Gasteiger partial charge in [-0.2, -0.15) is 0 Å². The summed E-state index contributed by atoms with van der Waals surface area (Å²) in [4.78, 5) is 22.1. The molecule has 1 N–H and O–H groups in total. The van der Waals surface area contributed by atoms with Gasteiger partial charge in [0.2, 0.25) is 10.0 Å². The van der Waals surface area contributed by atoms with Crippen molar-refractivity contribution in [3.63, 3.8) is 0 Å². The van der Waals surface area contributed by atoms with Crippen molar-refractivity contribution in [1.82, 2.24) is 19.6 Å². The molecule has 1 aromatic rings. The zero-order valence-corrected chi connectivity index (χ0v) is 13.8. The van der Waals surface area contributed by atoms with Gasteiger partial charge in [-0.25, -0.2) is 18.1 Å². The molecule has 8 nitrogen and oxygen atoms in total. The highest BCUT2D eigenvalue weighted by molar-refractivity contribution is 7.88. The SMILES string of the molecule is CS(=O)(=O)N[C@H]1CCO[C@@]2(CCN(C(=O)c3cnccn3)C2)C1. The van der Waals surface area contributed by atoms with Crippen molar-refractivity contribution >= 4 is 15.9 Å². The molecule has 1 spiro atoms. The lowest BCUT2D eigenvalue weighted by Crippen LogP contribution is -2.50. The molecule has 0 aromatic carbocycles. The fourth-order valence-electron chi connectivity index (χ4n) is 3.31. The van der Waals surface area contributed by atoms with Crippen molar-refractivity contribution < 1.29 is 17.9 Å². The van der Waals surface area contributed by atoms with Crippen LogP contribution in [0.1, 0.15) is 29.8 Å². The number of rotatable bonds is 3. The fourth-order valence-corrected chi connectivity index (χ4v) is 4.11. The first-order valence-corrected chi connectivity index (χ1v) is 9.43. The minimum Gasteiger partial charge on any atom is -0.373 e. The van der Waals surface area contributed by atoms with Crippen LogP contribution in [-0.4, -0.2) is 66.8 Å². The van der Waals surface area contributed by atoms with E-state index in [-0.39, 0.29) is 11.9 Å². The molecule has 2 saturated heterocycles. The van der Waals surface area contributed by atoms with Gasteiger partial charge in [0.25, 0.3) is 5.91 Å². The van der Waals surface area contributed by atoms with E-state index in [0.717, 1.165) is 6.26 Å². The van der Waals surface area contributed by atoms with E-state index in [9.17, 15) is 13.2 Å². The van der Waals surface area contributed by atoms with Gasteiger partial charge < -0.3 is 9.64 Å². The van der Waals surface area contributed by atoms with Crippen LogP contribution in [0.3, 0.4) is 0 Å². The molecule has 0 radical (unpaired) electrons. The standard InChI is InChI=1S/C14H20N4O4S/c1-23(20,21)17-11-2-7-22-14(8-11)3-6-18(10-14)13(19)12-9-15-4-5-16-12/h4-5,9,11,17H,2-3,6-8,10H2,1H3/t11-,14-/m0/s1. The van der Waals surface area contributed by atoms with Crippen LogP contribution in [0.25, 0.3) is 0 Å². The maximum Gasteiger partial charge on any atom is 0.274 e. The molecule has 9 heteroatoms. The first kappa shape index (κ1) is 16.3. The fraction of sp³-hybridized carbons (Fsp3) is 0.643. The van der Waals surface area contributed by atoms with Crippen molar-refractivity contribution in [2.75, 3.05) is 26.0 Å². The molecule has 2 aliphatic rings. The maximum absolute atomic E-state index is 12.4. The molecule has 2 atom stereocenters. The zero-order valence-electron chi connectivity index (χ0n) is 12.9. The lowest BCUT2D eigenvalue weighted by molar-refractivity contribution is -0.0763. The molecular weight excluding hydrogens is 320 g/mol. The third kappa shape index (κ3) is 3.85. The number of ether oxygens (including phenoxy) is 1. The number of hydrogen-bond acceptors (Lipinski definition) is 6. The predicted molar refractivity (Wildman–Crippen MR) is 82.2 cm³/mol. The number of hydrogen-bond donors (Lipinski definition) is 1. The van der Waals surface area contributed by atoms with Gasteiger partial charge in [0, 0.05) is 31.6 Å². The molecule has 126 valence electrons. The Hall–Kier alpha value is -1.58. The number of carbonyl (C=O) groups excluding carboxylic acids is 1.